The Morgan fingerprint density at radius 2 is 2.43 bits per heavy atom. The molecule has 0 rings (SSSR count). The van der Waals surface area contributed by atoms with Gasteiger partial charge in [-0.25, -0.2) is 4.39 Å². The van der Waals surface area contributed by atoms with E-state index in [9.17, 15) is 4.39 Å². The Morgan fingerprint density at radius 3 is 2.57 bits per heavy atom. The number of halogens is 1. The maximum absolute atomic E-state index is 11.7. The second kappa shape index (κ2) is 3.81. The maximum Gasteiger partial charge on any atom is 0.121 e. The molecule has 0 aliphatic carbocycles. The topological polar surface area (TPSA) is 20.2 Å². The van der Waals surface area contributed by atoms with Gasteiger partial charge in [0, 0.05) is 0 Å². The smallest absolute Gasteiger partial charge is 0.121 e. The van der Waals surface area contributed by atoms with Gasteiger partial charge in [0.15, 0.2) is 0 Å². The molecular formula is C5H9FO. The van der Waals surface area contributed by atoms with Gasteiger partial charge in [0.25, 0.3) is 0 Å². The van der Waals surface area contributed by atoms with E-state index in [-0.39, 0.29) is 0 Å². The van der Waals surface area contributed by atoms with Crippen LogP contribution < -0.4 is 0 Å². The van der Waals surface area contributed by atoms with E-state index in [4.69, 9.17) is 5.11 Å². The van der Waals surface area contributed by atoms with E-state index >= 15 is 0 Å². The van der Waals surface area contributed by atoms with Crippen molar-refractivity contribution in [3.05, 3.63) is 11.9 Å². The second-order valence-electron chi connectivity index (χ2n) is 1.22. The fraction of sp³-hybridized carbons (Fsp3) is 0.600. The van der Waals surface area contributed by atoms with Crippen molar-refractivity contribution in [3.8, 4) is 0 Å². The summed E-state index contributed by atoms with van der Waals surface area (Å²) in [7, 11) is 0. The lowest BCUT2D eigenvalue weighted by Gasteiger charge is -1.83. The predicted molar refractivity (Wildman–Crippen MR) is 26.6 cm³/mol. The van der Waals surface area contributed by atoms with Crippen LogP contribution in [-0.2, 0) is 0 Å². The Bertz CT molecular complexity index is 68.5. The molecule has 0 aromatic rings. The van der Waals surface area contributed by atoms with E-state index in [1.165, 1.54) is 6.08 Å². The summed E-state index contributed by atoms with van der Waals surface area (Å²) >= 11 is 0. The van der Waals surface area contributed by atoms with Gasteiger partial charge in [0.05, 0.1) is 6.61 Å². The summed E-state index contributed by atoms with van der Waals surface area (Å²) < 4.78 is 11.7. The highest BCUT2D eigenvalue weighted by Gasteiger charge is 1.83. The molecule has 0 unspecified atom stereocenters. The van der Waals surface area contributed by atoms with Crippen LogP contribution in [0, 0.1) is 0 Å². The Morgan fingerprint density at radius 1 is 1.86 bits per heavy atom. The number of allylic oxidation sites excluding steroid dienone is 1. The Balaban J connectivity index is 3.29. The van der Waals surface area contributed by atoms with Crippen molar-refractivity contribution in [2.75, 3.05) is 6.61 Å². The zero-order chi connectivity index (χ0) is 5.70. The minimum Gasteiger partial charge on any atom is -0.389 e. The van der Waals surface area contributed by atoms with Gasteiger partial charge < -0.3 is 5.11 Å². The predicted octanol–water partition coefficient (Wildman–Crippen LogP) is 1.24. The Labute approximate surface area is 42.5 Å². The summed E-state index contributed by atoms with van der Waals surface area (Å²) in [6.07, 6.45) is 1.99. The third-order valence-corrected chi connectivity index (χ3v) is 0.577. The first kappa shape index (κ1) is 6.63. The molecule has 7 heavy (non-hydrogen) atoms. The first-order valence-electron chi connectivity index (χ1n) is 2.26. The fourth-order valence-electron chi connectivity index (χ4n) is 0.286. The Kier molecular flexibility index (Phi) is 3.61. The summed E-state index contributed by atoms with van der Waals surface area (Å²) in [4.78, 5) is 0. The SMILES string of the molecule is CCC=C(F)CO. The molecule has 0 bridgehead atoms. The number of rotatable bonds is 2. The van der Waals surface area contributed by atoms with E-state index in [2.05, 4.69) is 0 Å². The van der Waals surface area contributed by atoms with Crippen LogP contribution in [0.4, 0.5) is 4.39 Å². The molecule has 0 atom stereocenters. The summed E-state index contributed by atoms with van der Waals surface area (Å²) in [6.45, 7) is 1.35. The van der Waals surface area contributed by atoms with Crippen molar-refractivity contribution in [1.29, 1.82) is 0 Å². The second-order valence-corrected chi connectivity index (χ2v) is 1.22. The number of aliphatic hydroxyl groups is 1. The van der Waals surface area contributed by atoms with Gasteiger partial charge in [-0.2, -0.15) is 0 Å². The standard InChI is InChI=1S/C5H9FO/c1-2-3-5(6)4-7/h3,7H,2,4H2,1H3. The first-order valence-corrected chi connectivity index (χ1v) is 2.26. The molecule has 0 saturated heterocycles. The van der Waals surface area contributed by atoms with Gasteiger partial charge in [0.2, 0.25) is 0 Å². The largest absolute Gasteiger partial charge is 0.389 e. The average molecular weight is 104 g/mol. The molecule has 0 aromatic heterocycles. The number of aliphatic hydroxyl groups excluding tert-OH is 1. The van der Waals surface area contributed by atoms with Crippen molar-refractivity contribution in [2.45, 2.75) is 13.3 Å². The van der Waals surface area contributed by atoms with E-state index < -0.39 is 12.4 Å². The lowest BCUT2D eigenvalue weighted by atomic mass is 10.4. The summed E-state index contributed by atoms with van der Waals surface area (Å²) in [5.41, 5.74) is 0. The Hall–Kier alpha value is -0.370. The van der Waals surface area contributed by atoms with Gasteiger partial charge in [0.1, 0.15) is 5.83 Å². The lowest BCUT2D eigenvalue weighted by Crippen LogP contribution is -1.79. The highest BCUT2D eigenvalue weighted by molar-refractivity contribution is 4.89. The molecule has 1 nitrogen and oxygen atoms in total. The van der Waals surface area contributed by atoms with Gasteiger partial charge in [-0.3, -0.25) is 0 Å². The molecule has 0 amide bonds. The van der Waals surface area contributed by atoms with Crippen LogP contribution in [-0.4, -0.2) is 11.7 Å². The van der Waals surface area contributed by atoms with E-state index in [0.29, 0.717) is 6.42 Å². The molecule has 0 aliphatic rings. The van der Waals surface area contributed by atoms with E-state index in [1.54, 1.807) is 0 Å². The summed E-state index contributed by atoms with van der Waals surface area (Å²) in [5.74, 6) is -0.442. The van der Waals surface area contributed by atoms with Crippen LogP contribution in [0.1, 0.15) is 13.3 Å². The molecule has 0 aromatic carbocycles. The number of hydrogen-bond donors (Lipinski definition) is 1. The average Bonchev–Trinajstić information content (AvgIpc) is 1.68. The zero-order valence-corrected chi connectivity index (χ0v) is 4.32. The van der Waals surface area contributed by atoms with Crippen LogP contribution in [0.2, 0.25) is 0 Å². The normalized spacial score (nSPS) is 12.1. The molecule has 0 saturated carbocycles. The molecule has 2 heteroatoms. The fourth-order valence-corrected chi connectivity index (χ4v) is 0.286. The molecule has 42 valence electrons. The molecule has 0 heterocycles. The van der Waals surface area contributed by atoms with E-state index in [0.717, 1.165) is 0 Å². The molecule has 0 aliphatic heterocycles. The summed E-state index contributed by atoms with van der Waals surface area (Å²) in [5, 5.41) is 8.02. The van der Waals surface area contributed by atoms with Crippen molar-refractivity contribution in [2.24, 2.45) is 0 Å². The molecule has 0 radical (unpaired) electrons. The van der Waals surface area contributed by atoms with Crippen LogP contribution in [0.15, 0.2) is 11.9 Å². The minimum atomic E-state index is -0.464. The van der Waals surface area contributed by atoms with Gasteiger partial charge >= 0.3 is 0 Å². The maximum atomic E-state index is 11.7. The molecular weight excluding hydrogens is 95.1 g/mol. The van der Waals surface area contributed by atoms with E-state index in [1.807, 2.05) is 6.92 Å². The summed E-state index contributed by atoms with van der Waals surface area (Å²) in [6, 6.07) is 0. The van der Waals surface area contributed by atoms with Crippen molar-refractivity contribution < 1.29 is 9.50 Å². The van der Waals surface area contributed by atoms with Crippen LogP contribution in [0.25, 0.3) is 0 Å². The third kappa shape index (κ3) is 3.46. The van der Waals surface area contributed by atoms with Gasteiger partial charge in [-0.15, -0.1) is 0 Å². The van der Waals surface area contributed by atoms with Gasteiger partial charge in [-0.05, 0) is 6.42 Å². The number of hydrogen-bond acceptors (Lipinski definition) is 1. The third-order valence-electron chi connectivity index (χ3n) is 0.577. The van der Waals surface area contributed by atoms with Gasteiger partial charge in [-0.1, -0.05) is 13.0 Å². The molecule has 0 fully saturated rings. The van der Waals surface area contributed by atoms with Crippen molar-refractivity contribution in [3.63, 3.8) is 0 Å². The molecule has 0 spiro atoms. The van der Waals surface area contributed by atoms with Crippen LogP contribution in [0.3, 0.4) is 0 Å². The zero-order valence-electron chi connectivity index (χ0n) is 4.32. The first-order chi connectivity index (χ1) is 3.31. The highest BCUT2D eigenvalue weighted by Crippen LogP contribution is 1.93. The molecule has 1 N–H and O–H groups in total. The van der Waals surface area contributed by atoms with Crippen molar-refractivity contribution in [1.82, 2.24) is 0 Å². The lowest BCUT2D eigenvalue weighted by molar-refractivity contribution is 0.297. The minimum absolute atomic E-state index is 0.442. The highest BCUT2D eigenvalue weighted by atomic mass is 19.1. The van der Waals surface area contributed by atoms with Crippen molar-refractivity contribution >= 4 is 0 Å². The quantitative estimate of drug-likeness (QED) is 0.558. The van der Waals surface area contributed by atoms with Crippen LogP contribution >= 0.6 is 0 Å². The monoisotopic (exact) mass is 104 g/mol. The van der Waals surface area contributed by atoms with Crippen LogP contribution in [0.5, 0.6) is 0 Å².